The zero-order valence-corrected chi connectivity index (χ0v) is 15.4. The molecule has 28 heavy (non-hydrogen) atoms. The first-order valence-corrected chi connectivity index (χ1v) is 9.20. The minimum atomic E-state index is -0.902. The van der Waals surface area contributed by atoms with Crippen molar-refractivity contribution in [3.8, 4) is 0 Å². The molecule has 1 aliphatic rings. The third kappa shape index (κ3) is 5.03. The van der Waals surface area contributed by atoms with Crippen molar-refractivity contribution in [1.29, 1.82) is 0 Å². The van der Waals surface area contributed by atoms with Gasteiger partial charge in [-0.25, -0.2) is 8.78 Å². The summed E-state index contributed by atoms with van der Waals surface area (Å²) in [5, 5.41) is 2.56. The maximum absolute atomic E-state index is 13.6. The molecule has 148 valence electrons. The van der Waals surface area contributed by atoms with E-state index in [4.69, 9.17) is 0 Å². The highest BCUT2D eigenvalue weighted by Crippen LogP contribution is 2.15. The van der Waals surface area contributed by atoms with E-state index in [9.17, 15) is 18.4 Å². The maximum atomic E-state index is 13.6. The number of hydrogen-bond acceptors (Lipinski definition) is 4. The number of hydrogen-bond donors (Lipinski definition) is 1. The molecule has 0 atom stereocenters. The lowest BCUT2D eigenvalue weighted by Crippen LogP contribution is -2.48. The number of nitrogens with zero attached hydrogens (tertiary/aromatic N) is 3. The lowest BCUT2D eigenvalue weighted by Gasteiger charge is -2.36. The molecule has 2 aromatic rings. The maximum Gasteiger partial charge on any atom is 0.254 e. The molecule has 0 saturated carbocycles. The summed E-state index contributed by atoms with van der Waals surface area (Å²) in [7, 11) is 0. The Balaban J connectivity index is 1.37. The lowest BCUT2D eigenvalue weighted by molar-refractivity contribution is -0.131. The van der Waals surface area contributed by atoms with Crippen LogP contribution in [0.1, 0.15) is 23.2 Å². The van der Waals surface area contributed by atoms with Crippen LogP contribution in [0, 0.1) is 11.6 Å². The number of halogens is 2. The van der Waals surface area contributed by atoms with E-state index in [1.165, 1.54) is 0 Å². The highest BCUT2D eigenvalue weighted by Gasteiger charge is 2.21. The Kier molecular flexibility index (Phi) is 6.52. The number of amides is 2. The Labute approximate surface area is 162 Å². The summed E-state index contributed by atoms with van der Waals surface area (Å²) in [6.45, 7) is 3.06. The standard InChI is InChI=1S/C20H22F2N4O2/c21-15-3-4-17(18(22)14-15)20(28)24-7-1-2-19(27)26-12-10-25(11-13-26)16-5-8-23-9-6-16/h3-6,8-9,14H,1-2,7,10-13H2,(H,24,28). The Hall–Kier alpha value is -3.03. The van der Waals surface area contributed by atoms with Gasteiger partial charge in [0.1, 0.15) is 11.6 Å². The minimum Gasteiger partial charge on any atom is -0.368 e. The molecule has 1 saturated heterocycles. The molecule has 3 rings (SSSR count). The van der Waals surface area contributed by atoms with Crippen molar-refractivity contribution in [2.24, 2.45) is 0 Å². The van der Waals surface area contributed by atoms with E-state index in [1.807, 2.05) is 17.0 Å². The van der Waals surface area contributed by atoms with Crippen LogP contribution >= 0.6 is 0 Å². The van der Waals surface area contributed by atoms with Gasteiger partial charge in [0.25, 0.3) is 5.91 Å². The fraction of sp³-hybridized carbons (Fsp3) is 0.350. The van der Waals surface area contributed by atoms with Gasteiger partial charge < -0.3 is 15.1 Å². The summed E-state index contributed by atoms with van der Waals surface area (Å²) in [4.78, 5) is 32.3. The first-order chi connectivity index (χ1) is 13.5. The average Bonchev–Trinajstić information content (AvgIpc) is 2.71. The molecule has 6 nitrogen and oxygen atoms in total. The van der Waals surface area contributed by atoms with E-state index in [-0.39, 0.29) is 18.0 Å². The van der Waals surface area contributed by atoms with Gasteiger partial charge in [-0.15, -0.1) is 0 Å². The Morgan fingerprint density at radius 2 is 1.75 bits per heavy atom. The third-order valence-corrected chi connectivity index (χ3v) is 4.69. The lowest BCUT2D eigenvalue weighted by atomic mass is 10.2. The van der Waals surface area contributed by atoms with Gasteiger partial charge in [0.15, 0.2) is 0 Å². The monoisotopic (exact) mass is 388 g/mol. The second kappa shape index (κ2) is 9.25. The molecule has 1 fully saturated rings. The Morgan fingerprint density at radius 3 is 2.43 bits per heavy atom. The van der Waals surface area contributed by atoms with Crippen molar-refractivity contribution in [3.05, 3.63) is 59.9 Å². The van der Waals surface area contributed by atoms with Crippen LogP contribution in [0.3, 0.4) is 0 Å². The smallest absolute Gasteiger partial charge is 0.254 e. The number of nitrogens with one attached hydrogen (secondary N) is 1. The number of carbonyl (C=O) groups is 2. The van der Waals surface area contributed by atoms with E-state index < -0.39 is 17.5 Å². The highest BCUT2D eigenvalue weighted by molar-refractivity contribution is 5.94. The molecule has 0 spiro atoms. The van der Waals surface area contributed by atoms with Crippen LogP contribution in [0.5, 0.6) is 0 Å². The van der Waals surface area contributed by atoms with E-state index in [0.29, 0.717) is 32.0 Å². The second-order valence-electron chi connectivity index (χ2n) is 6.56. The third-order valence-electron chi connectivity index (χ3n) is 4.69. The zero-order valence-electron chi connectivity index (χ0n) is 15.4. The molecule has 0 bridgehead atoms. The van der Waals surface area contributed by atoms with Gasteiger partial charge >= 0.3 is 0 Å². The Bertz CT molecular complexity index is 824. The summed E-state index contributed by atoms with van der Waals surface area (Å²) in [5.41, 5.74) is 0.887. The van der Waals surface area contributed by atoms with Crippen LogP contribution in [0.4, 0.5) is 14.5 Å². The van der Waals surface area contributed by atoms with E-state index in [1.54, 1.807) is 12.4 Å². The van der Waals surface area contributed by atoms with Crippen molar-refractivity contribution in [2.75, 3.05) is 37.6 Å². The summed E-state index contributed by atoms with van der Waals surface area (Å²) >= 11 is 0. The summed E-state index contributed by atoms with van der Waals surface area (Å²) in [5.74, 6) is -2.21. The fourth-order valence-electron chi connectivity index (χ4n) is 3.14. The molecule has 2 amide bonds. The van der Waals surface area contributed by atoms with Gasteiger partial charge in [0, 0.05) is 63.3 Å². The van der Waals surface area contributed by atoms with Gasteiger partial charge in [0.2, 0.25) is 5.91 Å². The number of anilines is 1. The molecule has 0 radical (unpaired) electrons. The first kappa shape index (κ1) is 19.7. The van der Waals surface area contributed by atoms with E-state index in [2.05, 4.69) is 15.2 Å². The van der Waals surface area contributed by atoms with Crippen molar-refractivity contribution < 1.29 is 18.4 Å². The summed E-state index contributed by atoms with van der Waals surface area (Å²) in [6.07, 6.45) is 4.26. The van der Waals surface area contributed by atoms with E-state index in [0.717, 1.165) is 30.9 Å². The molecule has 2 heterocycles. The number of carbonyl (C=O) groups excluding carboxylic acids is 2. The molecule has 8 heteroatoms. The summed E-state index contributed by atoms with van der Waals surface area (Å²) < 4.78 is 26.5. The molecule has 1 aliphatic heterocycles. The number of pyridine rings is 1. The second-order valence-corrected chi connectivity index (χ2v) is 6.56. The van der Waals surface area contributed by atoms with Crippen LogP contribution in [0.2, 0.25) is 0 Å². The summed E-state index contributed by atoms with van der Waals surface area (Å²) in [6, 6.07) is 6.71. The van der Waals surface area contributed by atoms with Crippen molar-refractivity contribution >= 4 is 17.5 Å². The van der Waals surface area contributed by atoms with Crippen molar-refractivity contribution in [1.82, 2.24) is 15.2 Å². The van der Waals surface area contributed by atoms with Crippen LogP contribution < -0.4 is 10.2 Å². The van der Waals surface area contributed by atoms with Crippen LogP contribution in [-0.4, -0.2) is 54.4 Å². The van der Waals surface area contributed by atoms with E-state index >= 15 is 0 Å². The predicted octanol–water partition coefficient (Wildman–Crippen LogP) is 2.22. The minimum absolute atomic E-state index is 0.0385. The van der Waals surface area contributed by atoms with Crippen molar-refractivity contribution in [2.45, 2.75) is 12.8 Å². The number of benzene rings is 1. The molecule has 1 aromatic heterocycles. The molecule has 1 aromatic carbocycles. The Morgan fingerprint density at radius 1 is 1.04 bits per heavy atom. The first-order valence-electron chi connectivity index (χ1n) is 9.20. The molecular weight excluding hydrogens is 366 g/mol. The van der Waals surface area contributed by atoms with Gasteiger partial charge in [-0.2, -0.15) is 0 Å². The fourth-order valence-corrected chi connectivity index (χ4v) is 3.14. The van der Waals surface area contributed by atoms with Gasteiger partial charge in [-0.3, -0.25) is 14.6 Å². The largest absolute Gasteiger partial charge is 0.368 e. The van der Waals surface area contributed by atoms with Crippen LogP contribution in [-0.2, 0) is 4.79 Å². The molecule has 0 aliphatic carbocycles. The van der Waals surface area contributed by atoms with Gasteiger partial charge in [-0.1, -0.05) is 0 Å². The van der Waals surface area contributed by atoms with Crippen LogP contribution in [0.15, 0.2) is 42.7 Å². The van der Waals surface area contributed by atoms with Crippen molar-refractivity contribution in [3.63, 3.8) is 0 Å². The predicted molar refractivity (Wildman–Crippen MR) is 101 cm³/mol. The zero-order chi connectivity index (χ0) is 19.9. The normalized spacial score (nSPS) is 14.1. The number of aromatic nitrogens is 1. The molecule has 0 unspecified atom stereocenters. The average molecular weight is 388 g/mol. The molecular formula is C20H22F2N4O2. The van der Waals surface area contributed by atoms with Crippen LogP contribution in [0.25, 0.3) is 0 Å². The van der Waals surface area contributed by atoms with Gasteiger partial charge in [-0.05, 0) is 30.7 Å². The highest BCUT2D eigenvalue weighted by atomic mass is 19.1. The number of rotatable bonds is 6. The SMILES string of the molecule is O=C(NCCCC(=O)N1CCN(c2ccncc2)CC1)c1ccc(F)cc1F. The topological polar surface area (TPSA) is 65.5 Å². The molecule has 1 N–H and O–H groups in total. The van der Waals surface area contributed by atoms with Gasteiger partial charge in [0.05, 0.1) is 5.56 Å². The quantitative estimate of drug-likeness (QED) is 0.771. The number of piperazine rings is 1.